The van der Waals surface area contributed by atoms with Crippen LogP contribution in [0.2, 0.25) is 0 Å². The monoisotopic (exact) mass is 210 g/mol. The first-order valence-electron chi connectivity index (χ1n) is 6.34. The summed E-state index contributed by atoms with van der Waals surface area (Å²) in [5, 5.41) is 3.54. The van der Waals surface area contributed by atoms with Gasteiger partial charge in [-0.15, -0.1) is 0 Å². The summed E-state index contributed by atoms with van der Waals surface area (Å²) in [5.41, 5.74) is 0.555. The van der Waals surface area contributed by atoms with Crippen LogP contribution in [-0.2, 0) is 0 Å². The summed E-state index contributed by atoms with van der Waals surface area (Å²) in [6.07, 6.45) is 7.07. The second-order valence-electron chi connectivity index (χ2n) is 5.20. The Balaban J connectivity index is 2.38. The van der Waals surface area contributed by atoms with Gasteiger partial charge in [0.2, 0.25) is 0 Å². The fourth-order valence-corrected chi connectivity index (χ4v) is 2.71. The molecule has 1 aliphatic carbocycles. The minimum absolute atomic E-state index is 0.555. The fraction of sp³-hybridized carbons (Fsp3) is 0.923. The lowest BCUT2D eigenvalue weighted by atomic mass is 9.67. The van der Waals surface area contributed by atoms with E-state index in [1.54, 1.807) is 0 Å². The zero-order chi connectivity index (χ0) is 11.1. The van der Waals surface area contributed by atoms with Crippen molar-refractivity contribution in [3.63, 3.8) is 0 Å². The second-order valence-corrected chi connectivity index (χ2v) is 5.20. The maximum atomic E-state index is 3.87. The lowest BCUT2D eigenvalue weighted by Crippen LogP contribution is -2.40. The highest BCUT2D eigenvalue weighted by Gasteiger charge is 2.34. The highest BCUT2D eigenvalue weighted by Crippen LogP contribution is 2.41. The van der Waals surface area contributed by atoms with Crippen molar-refractivity contribution < 1.29 is 0 Å². The average Bonchev–Trinajstić information content (AvgIpc) is 2.26. The Morgan fingerprint density at radius 1 is 1.27 bits per heavy atom. The molecule has 0 heterocycles. The Bertz CT molecular complexity index is 181. The van der Waals surface area contributed by atoms with E-state index in [9.17, 15) is 0 Å². The first-order chi connectivity index (χ1) is 7.21. The van der Waals surface area contributed by atoms with E-state index >= 15 is 0 Å². The van der Waals surface area contributed by atoms with Crippen molar-refractivity contribution >= 4 is 6.72 Å². The number of aliphatic imine (C=N–C) groups is 1. The molecule has 2 heteroatoms. The van der Waals surface area contributed by atoms with E-state index in [-0.39, 0.29) is 0 Å². The molecule has 15 heavy (non-hydrogen) atoms. The van der Waals surface area contributed by atoms with Crippen molar-refractivity contribution in [1.29, 1.82) is 0 Å². The Morgan fingerprint density at radius 2 is 1.93 bits per heavy atom. The van der Waals surface area contributed by atoms with Gasteiger partial charge in [0.1, 0.15) is 0 Å². The molecule has 1 rings (SSSR count). The van der Waals surface area contributed by atoms with E-state index in [0.29, 0.717) is 5.41 Å². The van der Waals surface area contributed by atoms with E-state index in [2.05, 4.69) is 30.9 Å². The van der Waals surface area contributed by atoms with Gasteiger partial charge in [0.15, 0.2) is 0 Å². The normalized spacial score (nSPS) is 20.5. The molecule has 1 saturated carbocycles. The third-order valence-corrected chi connectivity index (χ3v) is 4.00. The minimum Gasteiger partial charge on any atom is -0.314 e. The van der Waals surface area contributed by atoms with Gasteiger partial charge in [0.25, 0.3) is 0 Å². The van der Waals surface area contributed by atoms with E-state index in [4.69, 9.17) is 0 Å². The van der Waals surface area contributed by atoms with Crippen LogP contribution in [0.5, 0.6) is 0 Å². The minimum atomic E-state index is 0.555. The van der Waals surface area contributed by atoms with Crippen LogP contribution in [-0.4, -0.2) is 26.4 Å². The maximum absolute atomic E-state index is 3.87. The Kier molecular flexibility index (Phi) is 5.30. The summed E-state index contributed by atoms with van der Waals surface area (Å²) >= 11 is 0. The second kappa shape index (κ2) is 6.26. The van der Waals surface area contributed by atoms with Crippen molar-refractivity contribution in [3.05, 3.63) is 0 Å². The van der Waals surface area contributed by atoms with Crippen LogP contribution in [0, 0.1) is 11.3 Å². The predicted octanol–water partition coefficient (Wildman–Crippen LogP) is 2.88. The van der Waals surface area contributed by atoms with Gasteiger partial charge in [-0.3, -0.25) is 4.99 Å². The molecule has 1 fully saturated rings. The molecule has 1 aliphatic rings. The van der Waals surface area contributed by atoms with Crippen LogP contribution < -0.4 is 5.32 Å². The highest BCUT2D eigenvalue weighted by atomic mass is 14.9. The first kappa shape index (κ1) is 12.7. The SMILES string of the molecule is C=NCCNCC1(C(C)C)CCCCC1. The van der Waals surface area contributed by atoms with Gasteiger partial charge in [-0.2, -0.15) is 0 Å². The third-order valence-electron chi connectivity index (χ3n) is 4.00. The van der Waals surface area contributed by atoms with Crippen LogP contribution in [0.25, 0.3) is 0 Å². The van der Waals surface area contributed by atoms with Gasteiger partial charge in [0, 0.05) is 13.1 Å². The molecule has 0 aromatic rings. The van der Waals surface area contributed by atoms with Gasteiger partial charge in [-0.25, -0.2) is 0 Å². The summed E-state index contributed by atoms with van der Waals surface area (Å²) in [7, 11) is 0. The number of nitrogens with one attached hydrogen (secondary N) is 1. The highest BCUT2D eigenvalue weighted by molar-refractivity contribution is 5.23. The summed E-state index contributed by atoms with van der Waals surface area (Å²) < 4.78 is 0. The van der Waals surface area contributed by atoms with Crippen LogP contribution in [0.15, 0.2) is 4.99 Å². The smallest absolute Gasteiger partial charge is 0.0507 e. The quantitative estimate of drug-likeness (QED) is 0.529. The molecule has 0 radical (unpaired) electrons. The van der Waals surface area contributed by atoms with E-state index in [1.165, 1.54) is 38.6 Å². The van der Waals surface area contributed by atoms with Gasteiger partial charge in [0.05, 0.1) is 6.54 Å². The predicted molar refractivity (Wildman–Crippen MR) is 67.6 cm³/mol. The van der Waals surface area contributed by atoms with E-state index in [1.807, 2.05) is 0 Å². The lowest BCUT2D eigenvalue weighted by molar-refractivity contribution is 0.116. The van der Waals surface area contributed by atoms with Crippen LogP contribution in [0.1, 0.15) is 46.0 Å². The number of nitrogens with zero attached hydrogens (tertiary/aromatic N) is 1. The molecular formula is C13H26N2. The molecule has 0 atom stereocenters. The van der Waals surface area contributed by atoms with Gasteiger partial charge in [-0.1, -0.05) is 33.1 Å². The van der Waals surface area contributed by atoms with Crippen LogP contribution >= 0.6 is 0 Å². The summed E-state index contributed by atoms with van der Waals surface area (Å²) in [6, 6.07) is 0. The van der Waals surface area contributed by atoms with Gasteiger partial charge >= 0.3 is 0 Å². The first-order valence-corrected chi connectivity index (χ1v) is 6.34. The molecule has 0 saturated heterocycles. The lowest BCUT2D eigenvalue weighted by Gasteiger charge is -2.41. The zero-order valence-corrected chi connectivity index (χ0v) is 10.4. The molecule has 0 unspecified atom stereocenters. The summed E-state index contributed by atoms with van der Waals surface area (Å²) in [6.45, 7) is 11.2. The zero-order valence-electron chi connectivity index (χ0n) is 10.4. The molecule has 1 N–H and O–H groups in total. The summed E-state index contributed by atoms with van der Waals surface area (Å²) in [5.74, 6) is 0.794. The number of hydrogen-bond donors (Lipinski definition) is 1. The topological polar surface area (TPSA) is 24.4 Å². The standard InChI is InChI=1S/C13H26N2/c1-12(2)13(7-5-4-6-8-13)11-15-10-9-14-3/h12,15H,3-11H2,1-2H3. The molecule has 0 aromatic carbocycles. The van der Waals surface area contributed by atoms with Crippen molar-refractivity contribution in [3.8, 4) is 0 Å². The average molecular weight is 210 g/mol. The van der Waals surface area contributed by atoms with Crippen LogP contribution in [0.3, 0.4) is 0 Å². The van der Waals surface area contributed by atoms with Crippen LogP contribution in [0.4, 0.5) is 0 Å². The molecule has 0 aliphatic heterocycles. The molecule has 0 aromatic heterocycles. The van der Waals surface area contributed by atoms with Crippen molar-refractivity contribution in [2.75, 3.05) is 19.6 Å². The number of rotatable bonds is 6. The largest absolute Gasteiger partial charge is 0.314 e. The van der Waals surface area contributed by atoms with Gasteiger partial charge < -0.3 is 5.32 Å². The van der Waals surface area contributed by atoms with Crippen molar-refractivity contribution in [1.82, 2.24) is 5.32 Å². The maximum Gasteiger partial charge on any atom is 0.0507 e. The molecule has 88 valence electrons. The summed E-state index contributed by atoms with van der Waals surface area (Å²) in [4.78, 5) is 3.87. The Morgan fingerprint density at radius 3 is 2.47 bits per heavy atom. The molecule has 0 spiro atoms. The molecular weight excluding hydrogens is 184 g/mol. The third kappa shape index (κ3) is 3.60. The Labute approximate surface area is 94.6 Å². The van der Waals surface area contributed by atoms with Crippen molar-refractivity contribution in [2.45, 2.75) is 46.0 Å². The van der Waals surface area contributed by atoms with E-state index in [0.717, 1.165) is 19.0 Å². The van der Waals surface area contributed by atoms with Crippen molar-refractivity contribution in [2.24, 2.45) is 16.3 Å². The van der Waals surface area contributed by atoms with Gasteiger partial charge in [-0.05, 0) is 30.9 Å². The molecule has 0 amide bonds. The molecule has 2 nitrogen and oxygen atoms in total. The Hall–Kier alpha value is -0.370. The van der Waals surface area contributed by atoms with E-state index < -0.39 is 0 Å². The molecule has 0 bridgehead atoms. The fourth-order valence-electron chi connectivity index (χ4n) is 2.71. The number of hydrogen-bond acceptors (Lipinski definition) is 2.